The average molecular weight is 424 g/mol. The lowest BCUT2D eigenvalue weighted by atomic mass is 9.96. The van der Waals surface area contributed by atoms with E-state index in [1.165, 1.54) is 0 Å². The number of nitrogens with zero attached hydrogens (tertiary/aromatic N) is 4. The summed E-state index contributed by atoms with van der Waals surface area (Å²) in [5.41, 5.74) is 4.49. The fourth-order valence-corrected chi connectivity index (χ4v) is 4.30. The third-order valence-electron chi connectivity index (χ3n) is 5.94. The molecule has 0 spiro atoms. The number of fused-ring (bicyclic) bond motifs is 1. The second-order valence-electron chi connectivity index (χ2n) is 8.25. The molecule has 32 heavy (non-hydrogen) atoms. The second-order valence-corrected chi connectivity index (χ2v) is 8.25. The number of para-hydroxylation sites is 1. The quantitative estimate of drug-likeness (QED) is 0.508. The van der Waals surface area contributed by atoms with Gasteiger partial charge < -0.3 is 10.2 Å². The van der Waals surface area contributed by atoms with Crippen molar-refractivity contribution in [2.45, 2.75) is 19.8 Å². The number of piperidine rings is 1. The maximum absolute atomic E-state index is 13.1. The largest absolute Gasteiger partial charge is 0.354 e. The highest BCUT2D eigenvalue weighted by Gasteiger charge is 2.27. The number of amides is 1. The SMILES string of the molecule is Cc1cc(NC(=O)C2CCCN(c3ccc(-c4ccccc4)nn3)C2)c2ccccc2n1. The molecule has 1 aliphatic rings. The number of benzene rings is 2. The van der Waals surface area contributed by atoms with Crippen LogP contribution in [0.4, 0.5) is 11.5 Å². The van der Waals surface area contributed by atoms with Crippen molar-refractivity contribution in [3.05, 3.63) is 78.5 Å². The molecule has 1 aliphatic heterocycles. The van der Waals surface area contributed by atoms with Crippen molar-refractivity contribution >= 4 is 28.3 Å². The second kappa shape index (κ2) is 8.75. The van der Waals surface area contributed by atoms with Crippen LogP contribution in [-0.4, -0.2) is 34.2 Å². The molecule has 1 amide bonds. The Morgan fingerprint density at radius 1 is 1.00 bits per heavy atom. The van der Waals surface area contributed by atoms with Crippen molar-refractivity contribution < 1.29 is 4.79 Å². The Kier molecular flexibility index (Phi) is 5.50. The fourth-order valence-electron chi connectivity index (χ4n) is 4.30. The van der Waals surface area contributed by atoms with Crippen LogP contribution in [0.1, 0.15) is 18.5 Å². The van der Waals surface area contributed by atoms with Crippen LogP contribution in [0.2, 0.25) is 0 Å². The van der Waals surface area contributed by atoms with Crippen molar-refractivity contribution in [2.75, 3.05) is 23.3 Å². The summed E-state index contributed by atoms with van der Waals surface area (Å²) in [5, 5.41) is 13.0. The summed E-state index contributed by atoms with van der Waals surface area (Å²) in [6.07, 6.45) is 1.80. The summed E-state index contributed by atoms with van der Waals surface area (Å²) in [7, 11) is 0. The number of hydrogen-bond donors (Lipinski definition) is 1. The smallest absolute Gasteiger partial charge is 0.229 e. The van der Waals surface area contributed by atoms with Gasteiger partial charge in [0, 0.05) is 29.7 Å². The van der Waals surface area contributed by atoms with Crippen LogP contribution in [0.25, 0.3) is 22.2 Å². The zero-order chi connectivity index (χ0) is 21.9. The minimum atomic E-state index is -0.105. The summed E-state index contributed by atoms with van der Waals surface area (Å²) in [6, 6.07) is 23.8. The first-order chi connectivity index (χ1) is 15.7. The van der Waals surface area contributed by atoms with E-state index in [9.17, 15) is 4.79 Å². The molecule has 1 unspecified atom stereocenters. The van der Waals surface area contributed by atoms with Gasteiger partial charge in [0.05, 0.1) is 22.8 Å². The molecule has 0 aliphatic carbocycles. The van der Waals surface area contributed by atoms with Gasteiger partial charge in [-0.25, -0.2) is 0 Å². The number of carbonyl (C=O) groups excluding carboxylic acids is 1. The highest BCUT2D eigenvalue weighted by Crippen LogP contribution is 2.27. The number of carbonyl (C=O) groups is 1. The summed E-state index contributed by atoms with van der Waals surface area (Å²) in [6.45, 7) is 3.45. The van der Waals surface area contributed by atoms with E-state index in [1.54, 1.807) is 0 Å². The van der Waals surface area contributed by atoms with Gasteiger partial charge in [-0.3, -0.25) is 9.78 Å². The summed E-state index contributed by atoms with van der Waals surface area (Å²) >= 11 is 0. The topological polar surface area (TPSA) is 71.0 Å². The molecule has 1 atom stereocenters. The van der Waals surface area contributed by atoms with E-state index in [1.807, 2.05) is 79.7 Å². The average Bonchev–Trinajstić information content (AvgIpc) is 2.84. The molecule has 1 N–H and O–H groups in total. The third-order valence-corrected chi connectivity index (χ3v) is 5.94. The maximum Gasteiger partial charge on any atom is 0.229 e. The van der Waals surface area contributed by atoms with Crippen LogP contribution in [0.3, 0.4) is 0 Å². The Morgan fingerprint density at radius 3 is 2.62 bits per heavy atom. The van der Waals surface area contributed by atoms with E-state index in [0.29, 0.717) is 6.54 Å². The van der Waals surface area contributed by atoms with Crippen molar-refractivity contribution in [1.29, 1.82) is 0 Å². The molecule has 6 nitrogen and oxygen atoms in total. The zero-order valence-electron chi connectivity index (χ0n) is 18.0. The Bertz CT molecular complexity index is 1240. The lowest BCUT2D eigenvalue weighted by Crippen LogP contribution is -2.41. The number of rotatable bonds is 4. The van der Waals surface area contributed by atoms with E-state index >= 15 is 0 Å². The molecule has 160 valence electrons. The lowest BCUT2D eigenvalue weighted by molar-refractivity contribution is -0.120. The van der Waals surface area contributed by atoms with Crippen molar-refractivity contribution in [1.82, 2.24) is 15.2 Å². The van der Waals surface area contributed by atoms with Crippen LogP contribution in [0.15, 0.2) is 72.8 Å². The number of aryl methyl sites for hydroxylation is 1. The minimum absolute atomic E-state index is 0.0410. The van der Waals surface area contributed by atoms with Gasteiger partial charge in [0.25, 0.3) is 0 Å². The number of nitrogens with one attached hydrogen (secondary N) is 1. The molecule has 1 saturated heterocycles. The first kappa shape index (κ1) is 20.1. The first-order valence-corrected chi connectivity index (χ1v) is 11.0. The van der Waals surface area contributed by atoms with E-state index in [0.717, 1.165) is 58.7 Å². The first-order valence-electron chi connectivity index (χ1n) is 11.0. The van der Waals surface area contributed by atoms with Crippen LogP contribution in [0.5, 0.6) is 0 Å². The molecule has 1 fully saturated rings. The monoisotopic (exact) mass is 423 g/mol. The predicted octanol–water partition coefficient (Wildman–Crippen LogP) is 4.86. The van der Waals surface area contributed by atoms with Gasteiger partial charge in [-0.2, -0.15) is 0 Å². The van der Waals surface area contributed by atoms with Gasteiger partial charge in [0.15, 0.2) is 5.82 Å². The fraction of sp³-hybridized carbons (Fsp3) is 0.231. The number of hydrogen-bond acceptors (Lipinski definition) is 5. The van der Waals surface area contributed by atoms with Crippen molar-refractivity contribution in [2.24, 2.45) is 5.92 Å². The van der Waals surface area contributed by atoms with Gasteiger partial charge in [-0.15, -0.1) is 10.2 Å². The molecule has 3 heterocycles. The standard InChI is InChI=1S/C26H25N5O/c1-18-16-24(21-11-5-6-12-23(21)27-18)28-26(32)20-10-7-15-31(17-20)25-14-13-22(29-30-25)19-8-3-2-4-9-19/h2-6,8-9,11-14,16,20H,7,10,15,17H2,1H3,(H,27,28,32). The van der Waals surface area contributed by atoms with Gasteiger partial charge in [-0.05, 0) is 44.0 Å². The molecule has 2 aromatic heterocycles. The van der Waals surface area contributed by atoms with Crippen LogP contribution in [0, 0.1) is 12.8 Å². The molecule has 0 bridgehead atoms. The molecule has 4 aromatic rings. The van der Waals surface area contributed by atoms with E-state index in [-0.39, 0.29) is 11.8 Å². The third kappa shape index (κ3) is 4.17. The Hall–Kier alpha value is -3.80. The van der Waals surface area contributed by atoms with Gasteiger partial charge in [0.1, 0.15) is 0 Å². The predicted molar refractivity (Wildman–Crippen MR) is 128 cm³/mol. The van der Waals surface area contributed by atoms with Crippen LogP contribution >= 0.6 is 0 Å². The Labute approximate surface area is 187 Å². The van der Waals surface area contributed by atoms with Crippen molar-refractivity contribution in [3.8, 4) is 11.3 Å². The Balaban J connectivity index is 1.31. The van der Waals surface area contributed by atoms with Gasteiger partial charge in [-0.1, -0.05) is 48.5 Å². The summed E-state index contributed by atoms with van der Waals surface area (Å²) in [4.78, 5) is 19.9. The summed E-state index contributed by atoms with van der Waals surface area (Å²) in [5.74, 6) is 0.748. The molecule has 5 rings (SSSR count). The minimum Gasteiger partial charge on any atom is -0.354 e. The summed E-state index contributed by atoms with van der Waals surface area (Å²) < 4.78 is 0. The zero-order valence-corrected chi connectivity index (χ0v) is 18.0. The number of anilines is 2. The van der Waals surface area contributed by atoms with E-state index in [4.69, 9.17) is 0 Å². The molecule has 0 saturated carbocycles. The normalized spacial score (nSPS) is 16.2. The van der Waals surface area contributed by atoms with Gasteiger partial charge >= 0.3 is 0 Å². The number of aromatic nitrogens is 3. The molecule has 2 aromatic carbocycles. The molecule has 0 radical (unpaired) electrons. The molecule has 6 heteroatoms. The maximum atomic E-state index is 13.1. The lowest BCUT2D eigenvalue weighted by Gasteiger charge is -2.32. The molecular weight excluding hydrogens is 398 g/mol. The highest BCUT2D eigenvalue weighted by atomic mass is 16.1. The van der Waals surface area contributed by atoms with E-state index in [2.05, 4.69) is 25.4 Å². The van der Waals surface area contributed by atoms with Crippen LogP contribution in [-0.2, 0) is 4.79 Å². The Morgan fingerprint density at radius 2 is 1.81 bits per heavy atom. The van der Waals surface area contributed by atoms with Crippen molar-refractivity contribution in [3.63, 3.8) is 0 Å². The number of pyridine rings is 1. The molecular formula is C26H25N5O. The van der Waals surface area contributed by atoms with Crippen LogP contribution < -0.4 is 10.2 Å². The highest BCUT2D eigenvalue weighted by molar-refractivity contribution is 6.02. The van der Waals surface area contributed by atoms with E-state index < -0.39 is 0 Å². The van der Waals surface area contributed by atoms with Gasteiger partial charge in [0.2, 0.25) is 5.91 Å².